The molecular weight excluding hydrogens is 561 g/mol. The quantitative estimate of drug-likeness (QED) is 0.413. The molecule has 1 unspecified atom stereocenters. The van der Waals surface area contributed by atoms with Gasteiger partial charge in [-0.1, -0.05) is 41.7 Å². The number of carboxylic acid groups (broad SMARTS) is 1. The molecule has 1 aliphatic rings. The zero-order valence-corrected chi connectivity index (χ0v) is 22.0. The summed E-state index contributed by atoms with van der Waals surface area (Å²) in [5.41, 5.74) is 1.08. The number of ether oxygens (including phenoxy) is 1. The van der Waals surface area contributed by atoms with Gasteiger partial charge < -0.3 is 20.1 Å². The normalized spacial score (nSPS) is 16.6. The molecule has 2 aromatic carbocycles. The highest BCUT2D eigenvalue weighted by atomic mass is 32.2. The Labute approximate surface area is 225 Å². The molecule has 4 rings (SSSR count). The first-order valence-corrected chi connectivity index (χ1v) is 13.8. The maximum absolute atomic E-state index is 13.5. The average molecular weight is 585 g/mol. The summed E-state index contributed by atoms with van der Waals surface area (Å²) in [5, 5.41) is 12.4. The van der Waals surface area contributed by atoms with Crippen LogP contribution in [0.3, 0.4) is 0 Å². The van der Waals surface area contributed by atoms with Crippen molar-refractivity contribution in [2.24, 2.45) is 0 Å². The van der Waals surface area contributed by atoms with E-state index < -0.39 is 40.1 Å². The number of alkyl halides is 3. The van der Waals surface area contributed by atoms with Crippen molar-refractivity contribution in [3.8, 4) is 5.75 Å². The monoisotopic (exact) mass is 584 g/mol. The Hall–Kier alpha value is -3.69. The number of nitrogens with one attached hydrogen (secondary N) is 1. The van der Waals surface area contributed by atoms with E-state index in [0.29, 0.717) is 10.8 Å². The van der Waals surface area contributed by atoms with Crippen LogP contribution >= 0.6 is 11.3 Å². The lowest BCUT2D eigenvalue weighted by atomic mass is 10.2. The summed E-state index contributed by atoms with van der Waals surface area (Å²) in [6.45, 7) is 1.49. The molecule has 39 heavy (non-hydrogen) atoms. The fourth-order valence-electron chi connectivity index (χ4n) is 4.01. The van der Waals surface area contributed by atoms with Gasteiger partial charge in [-0.05, 0) is 36.8 Å². The highest BCUT2D eigenvalue weighted by Crippen LogP contribution is 2.31. The number of nitrogens with zero attached hydrogens (tertiary/aromatic N) is 3. The number of aryl methyl sites for hydroxylation is 1. The molecule has 208 valence electrons. The van der Waals surface area contributed by atoms with Crippen molar-refractivity contribution in [3.05, 3.63) is 70.7 Å². The van der Waals surface area contributed by atoms with Gasteiger partial charge in [0.15, 0.2) is 5.13 Å². The molecule has 0 saturated carbocycles. The van der Waals surface area contributed by atoms with E-state index in [2.05, 4.69) is 15.0 Å². The minimum absolute atomic E-state index is 0.0336. The molecule has 0 spiro atoms. The highest BCUT2D eigenvalue weighted by molar-refractivity contribution is 7.89. The molecule has 1 amide bonds. The molecule has 0 aliphatic carbocycles. The molecule has 1 aromatic heterocycles. The lowest BCUT2D eigenvalue weighted by molar-refractivity contribution is -0.274. The highest BCUT2D eigenvalue weighted by Gasteiger charge is 2.41. The number of rotatable bonds is 8. The second kappa shape index (κ2) is 11.2. The third kappa shape index (κ3) is 6.66. The number of thiazole rings is 1. The predicted molar refractivity (Wildman–Crippen MR) is 135 cm³/mol. The maximum Gasteiger partial charge on any atom is 0.573 e. The van der Waals surface area contributed by atoms with Crippen molar-refractivity contribution in [3.63, 3.8) is 0 Å². The maximum atomic E-state index is 13.5. The molecule has 2 N–H and O–H groups in total. The Morgan fingerprint density at radius 1 is 1.13 bits per heavy atom. The Morgan fingerprint density at radius 2 is 1.79 bits per heavy atom. The number of benzene rings is 2. The van der Waals surface area contributed by atoms with Crippen molar-refractivity contribution in [2.45, 2.75) is 30.8 Å². The average Bonchev–Trinajstić information content (AvgIpc) is 3.29. The number of carboxylic acids is 1. The topological polar surface area (TPSA) is 129 Å². The Bertz CT molecular complexity index is 1450. The minimum Gasteiger partial charge on any atom is -0.477 e. The smallest absolute Gasteiger partial charge is 0.477 e. The van der Waals surface area contributed by atoms with Gasteiger partial charge in [-0.15, -0.1) is 13.2 Å². The fraction of sp³-hybridized carbons (Fsp3) is 0.292. The summed E-state index contributed by atoms with van der Waals surface area (Å²) in [6.07, 6.45) is -4.94. The van der Waals surface area contributed by atoms with Crippen molar-refractivity contribution < 1.29 is 41.0 Å². The van der Waals surface area contributed by atoms with Crippen LogP contribution in [0, 0.1) is 6.92 Å². The van der Waals surface area contributed by atoms with Gasteiger partial charge in [0.25, 0.3) is 0 Å². The minimum atomic E-state index is -4.94. The standard InChI is InChI=1S/C24H23F3N4O6S2/c1-15-20(22(33)34)38-23(29-15)30-11-12-31(19(14-30)21(32)28-13-16-5-3-2-4-6-16)39(35,36)18-9-7-17(8-10-18)37-24(25,26)27/h2-10,19H,11-14H2,1H3,(H,28,32)(H,33,34). The van der Waals surface area contributed by atoms with Crippen LogP contribution in [0.4, 0.5) is 18.3 Å². The lowest BCUT2D eigenvalue weighted by Gasteiger charge is -2.39. The zero-order valence-electron chi connectivity index (χ0n) is 20.4. The Kier molecular flexibility index (Phi) is 8.13. The van der Waals surface area contributed by atoms with Crippen LogP contribution in [-0.4, -0.2) is 66.7 Å². The number of piperazine rings is 1. The predicted octanol–water partition coefficient (Wildman–Crippen LogP) is 3.24. The number of carbonyl (C=O) groups is 2. The van der Waals surface area contributed by atoms with Crippen molar-refractivity contribution in [2.75, 3.05) is 24.5 Å². The van der Waals surface area contributed by atoms with Crippen LogP contribution in [0.1, 0.15) is 20.9 Å². The Morgan fingerprint density at radius 3 is 2.38 bits per heavy atom. The number of amides is 1. The summed E-state index contributed by atoms with van der Waals surface area (Å²) in [6, 6.07) is 11.4. The molecule has 1 atom stereocenters. The third-order valence-electron chi connectivity index (χ3n) is 5.86. The van der Waals surface area contributed by atoms with Crippen molar-refractivity contribution >= 4 is 38.4 Å². The van der Waals surface area contributed by atoms with Crippen LogP contribution < -0.4 is 15.0 Å². The molecule has 3 aromatic rings. The van der Waals surface area contributed by atoms with Gasteiger partial charge in [0.05, 0.1) is 10.6 Å². The van der Waals surface area contributed by atoms with Gasteiger partial charge in [0, 0.05) is 26.2 Å². The lowest BCUT2D eigenvalue weighted by Crippen LogP contribution is -2.60. The first-order chi connectivity index (χ1) is 18.3. The first kappa shape index (κ1) is 28.3. The number of aromatic nitrogens is 1. The van der Waals surface area contributed by atoms with Crippen LogP contribution in [0.15, 0.2) is 59.5 Å². The first-order valence-electron chi connectivity index (χ1n) is 11.5. The second-order valence-corrected chi connectivity index (χ2v) is 11.4. The second-order valence-electron chi connectivity index (χ2n) is 8.52. The third-order valence-corrected chi connectivity index (χ3v) is 8.99. The number of anilines is 1. The number of sulfonamides is 1. The van der Waals surface area contributed by atoms with Gasteiger partial charge in [-0.2, -0.15) is 4.31 Å². The molecule has 2 heterocycles. The summed E-state index contributed by atoms with van der Waals surface area (Å²) in [4.78, 5) is 30.5. The number of carbonyl (C=O) groups excluding carboxylic acids is 1. The van der Waals surface area contributed by atoms with Gasteiger partial charge in [0.1, 0.15) is 16.7 Å². The van der Waals surface area contributed by atoms with Crippen LogP contribution in [0.25, 0.3) is 0 Å². The number of aromatic carboxylic acids is 1. The van der Waals surface area contributed by atoms with E-state index in [1.54, 1.807) is 36.1 Å². The summed E-state index contributed by atoms with van der Waals surface area (Å²) in [7, 11) is -4.32. The molecular formula is C24H23F3N4O6S2. The molecule has 1 saturated heterocycles. The van der Waals surface area contributed by atoms with E-state index >= 15 is 0 Å². The van der Waals surface area contributed by atoms with Crippen LogP contribution in [-0.2, 0) is 21.4 Å². The molecule has 0 bridgehead atoms. The summed E-state index contributed by atoms with van der Waals surface area (Å²) < 4.78 is 69.4. The number of hydrogen-bond donors (Lipinski definition) is 2. The molecule has 1 aliphatic heterocycles. The zero-order chi connectivity index (χ0) is 28.4. The van der Waals surface area contributed by atoms with Crippen molar-refractivity contribution in [1.82, 2.24) is 14.6 Å². The van der Waals surface area contributed by atoms with E-state index in [1.165, 1.54) is 0 Å². The van der Waals surface area contributed by atoms with Crippen molar-refractivity contribution in [1.29, 1.82) is 0 Å². The van der Waals surface area contributed by atoms with Crippen LogP contribution in [0.2, 0.25) is 0 Å². The fourth-order valence-corrected chi connectivity index (χ4v) is 6.52. The van der Waals surface area contributed by atoms with Crippen LogP contribution in [0.5, 0.6) is 5.75 Å². The molecule has 0 radical (unpaired) electrons. The van der Waals surface area contributed by atoms with E-state index in [-0.39, 0.29) is 36.0 Å². The molecule has 10 nitrogen and oxygen atoms in total. The van der Waals surface area contributed by atoms with E-state index in [4.69, 9.17) is 0 Å². The number of halogens is 3. The molecule has 1 fully saturated rings. The van der Waals surface area contributed by atoms with E-state index in [9.17, 15) is 36.3 Å². The van der Waals surface area contributed by atoms with E-state index in [1.807, 2.05) is 6.07 Å². The van der Waals surface area contributed by atoms with Gasteiger partial charge >= 0.3 is 12.3 Å². The SMILES string of the molecule is Cc1nc(N2CCN(S(=O)(=O)c3ccc(OC(F)(F)F)cc3)C(C(=O)NCc3ccccc3)C2)sc1C(=O)O. The van der Waals surface area contributed by atoms with Gasteiger partial charge in [0.2, 0.25) is 15.9 Å². The summed E-state index contributed by atoms with van der Waals surface area (Å²) >= 11 is 0.919. The van der Waals surface area contributed by atoms with E-state index in [0.717, 1.165) is 45.5 Å². The summed E-state index contributed by atoms with van der Waals surface area (Å²) in [5.74, 6) is -2.33. The van der Waals surface area contributed by atoms with Gasteiger partial charge in [-0.25, -0.2) is 18.2 Å². The number of hydrogen-bond acceptors (Lipinski definition) is 8. The molecule has 15 heteroatoms. The largest absolute Gasteiger partial charge is 0.573 e. The van der Waals surface area contributed by atoms with Gasteiger partial charge in [-0.3, -0.25) is 4.79 Å². The Balaban J connectivity index is 1.61.